The summed E-state index contributed by atoms with van der Waals surface area (Å²) in [7, 11) is -8.86. The molecule has 0 bridgehead atoms. The Bertz CT molecular complexity index is 1630. The van der Waals surface area contributed by atoms with Crippen LogP contribution >= 0.6 is 0 Å². The Morgan fingerprint density at radius 2 is 0.800 bits per heavy atom. The van der Waals surface area contributed by atoms with Gasteiger partial charge in [-0.2, -0.15) is 0 Å². The summed E-state index contributed by atoms with van der Waals surface area (Å²) in [6.07, 6.45) is 11.6. The molecular formula is C36H46CaO6S2. The predicted octanol–water partition coefficient (Wildman–Crippen LogP) is 8.48. The van der Waals surface area contributed by atoms with Crippen LogP contribution in [0, 0.1) is 0 Å². The van der Waals surface area contributed by atoms with Crippen LogP contribution in [0.1, 0.15) is 101 Å². The number of rotatable bonds is 14. The van der Waals surface area contributed by atoms with E-state index in [1.807, 2.05) is 36.4 Å². The third-order valence-electron chi connectivity index (χ3n) is 7.94. The maximum Gasteiger partial charge on any atom is 2.00 e. The van der Waals surface area contributed by atoms with Crippen LogP contribution in [-0.2, 0) is 45.9 Å². The summed E-state index contributed by atoms with van der Waals surface area (Å²) in [4.78, 5) is -0.121. The van der Waals surface area contributed by atoms with Crippen LogP contribution in [0.5, 0.6) is 0 Å². The molecule has 4 aromatic carbocycles. The Kier molecular flexibility index (Phi) is 16.5. The second-order valence-corrected chi connectivity index (χ2v) is 14.3. The Morgan fingerprint density at radius 1 is 0.467 bits per heavy atom. The van der Waals surface area contributed by atoms with Gasteiger partial charge in [0, 0.05) is 0 Å². The fourth-order valence-corrected chi connectivity index (χ4v) is 6.92. The fourth-order valence-electron chi connectivity index (χ4n) is 5.41. The number of hydrogen-bond acceptors (Lipinski definition) is 6. The van der Waals surface area contributed by atoms with Gasteiger partial charge in [0.2, 0.25) is 0 Å². The van der Waals surface area contributed by atoms with Gasteiger partial charge >= 0.3 is 37.7 Å². The van der Waals surface area contributed by atoms with Crippen molar-refractivity contribution in [3.63, 3.8) is 0 Å². The minimum atomic E-state index is -4.43. The first-order chi connectivity index (χ1) is 20.9. The standard InChI is InChI=1S/2C18H24O3S.Ca/c2*1-3-5-7-14-9-10-15-13-18(22(19,20)21)16(8-6-4-2)12-17(15)11-14;/h2*9-13H,3-8H2,1-2H3,(H,19,20,21);/q;;+2/p-2. The van der Waals surface area contributed by atoms with Gasteiger partial charge in [-0.1, -0.05) is 89.8 Å². The molecule has 0 heterocycles. The van der Waals surface area contributed by atoms with Gasteiger partial charge in [-0.05, 0) is 119 Å². The second-order valence-electron chi connectivity index (χ2n) is 11.6. The molecule has 4 rings (SSSR count). The van der Waals surface area contributed by atoms with Crippen molar-refractivity contribution in [3.05, 3.63) is 82.9 Å². The molecule has 4 aromatic rings. The molecule has 0 N–H and O–H groups in total. The predicted molar refractivity (Wildman–Crippen MR) is 184 cm³/mol. The number of hydrogen-bond donors (Lipinski definition) is 0. The van der Waals surface area contributed by atoms with Gasteiger partial charge < -0.3 is 9.11 Å². The van der Waals surface area contributed by atoms with Crippen molar-refractivity contribution in [3.8, 4) is 0 Å². The van der Waals surface area contributed by atoms with E-state index in [1.54, 1.807) is 0 Å². The van der Waals surface area contributed by atoms with Gasteiger partial charge in [0.25, 0.3) is 0 Å². The molecule has 0 fully saturated rings. The van der Waals surface area contributed by atoms with Gasteiger partial charge in [-0.25, -0.2) is 16.8 Å². The Balaban J connectivity index is 0.000000307. The van der Waals surface area contributed by atoms with Crippen LogP contribution in [0.4, 0.5) is 0 Å². The van der Waals surface area contributed by atoms with Crippen LogP contribution in [0.25, 0.3) is 21.5 Å². The summed E-state index contributed by atoms with van der Waals surface area (Å²) in [6.45, 7) is 8.43. The molecule has 45 heavy (non-hydrogen) atoms. The van der Waals surface area contributed by atoms with Crippen molar-refractivity contribution >= 4 is 79.5 Å². The van der Waals surface area contributed by atoms with E-state index in [9.17, 15) is 25.9 Å². The fraction of sp³-hybridized carbons (Fsp3) is 0.444. The van der Waals surface area contributed by atoms with Crippen molar-refractivity contribution in [2.75, 3.05) is 0 Å². The first kappa shape index (κ1) is 39.7. The average molecular weight is 679 g/mol. The van der Waals surface area contributed by atoms with Crippen molar-refractivity contribution in [2.24, 2.45) is 0 Å². The molecule has 0 atom stereocenters. The van der Waals surface area contributed by atoms with E-state index in [0.29, 0.717) is 24.0 Å². The van der Waals surface area contributed by atoms with E-state index in [1.165, 1.54) is 23.3 Å². The normalized spacial score (nSPS) is 11.7. The number of fused-ring (bicyclic) bond motifs is 2. The summed E-state index contributed by atoms with van der Waals surface area (Å²) in [5.41, 5.74) is 3.82. The molecule has 0 unspecified atom stereocenters. The molecular weight excluding hydrogens is 633 g/mol. The third-order valence-corrected chi connectivity index (χ3v) is 9.78. The van der Waals surface area contributed by atoms with Crippen LogP contribution in [-0.4, -0.2) is 63.7 Å². The number of unbranched alkanes of at least 4 members (excludes halogenated alkanes) is 4. The van der Waals surface area contributed by atoms with E-state index in [2.05, 4.69) is 39.8 Å². The Labute approximate surface area is 300 Å². The number of aryl methyl sites for hydroxylation is 4. The Morgan fingerprint density at radius 3 is 1.11 bits per heavy atom. The summed E-state index contributed by atoms with van der Waals surface area (Å²) in [5, 5.41) is 3.67. The quantitative estimate of drug-likeness (QED) is 0.0976. The zero-order valence-electron chi connectivity index (χ0n) is 27.2. The zero-order valence-corrected chi connectivity index (χ0v) is 31.1. The van der Waals surface area contributed by atoms with Gasteiger partial charge in [-0.15, -0.1) is 0 Å². The molecule has 9 heteroatoms. The second kappa shape index (κ2) is 18.7. The van der Waals surface area contributed by atoms with Crippen LogP contribution in [0.3, 0.4) is 0 Å². The largest absolute Gasteiger partial charge is 2.00 e. The van der Waals surface area contributed by atoms with E-state index in [-0.39, 0.29) is 47.5 Å². The zero-order chi connectivity index (χ0) is 32.3. The number of benzene rings is 4. The average Bonchev–Trinajstić information content (AvgIpc) is 2.98. The van der Waals surface area contributed by atoms with E-state index in [0.717, 1.165) is 85.8 Å². The molecule has 0 spiro atoms. The smallest absolute Gasteiger partial charge is 0.744 e. The van der Waals surface area contributed by atoms with Gasteiger partial charge in [-0.3, -0.25) is 0 Å². The van der Waals surface area contributed by atoms with Gasteiger partial charge in [0.15, 0.2) is 0 Å². The molecule has 240 valence electrons. The first-order valence-electron chi connectivity index (χ1n) is 15.9. The minimum Gasteiger partial charge on any atom is -0.744 e. The monoisotopic (exact) mass is 678 g/mol. The molecule has 0 aliphatic heterocycles. The maximum atomic E-state index is 11.5. The molecule has 0 aliphatic carbocycles. The molecule has 0 saturated heterocycles. The van der Waals surface area contributed by atoms with Crippen LogP contribution < -0.4 is 0 Å². The van der Waals surface area contributed by atoms with Gasteiger partial charge in [0.1, 0.15) is 20.2 Å². The van der Waals surface area contributed by atoms with Crippen molar-refractivity contribution in [1.82, 2.24) is 0 Å². The summed E-state index contributed by atoms with van der Waals surface area (Å²) >= 11 is 0. The van der Waals surface area contributed by atoms with Gasteiger partial charge in [0.05, 0.1) is 9.79 Å². The molecule has 0 saturated carbocycles. The van der Waals surface area contributed by atoms with Crippen molar-refractivity contribution in [2.45, 2.75) is 115 Å². The maximum absolute atomic E-state index is 11.5. The first-order valence-corrected chi connectivity index (χ1v) is 18.8. The van der Waals surface area contributed by atoms with E-state index in [4.69, 9.17) is 0 Å². The molecule has 0 radical (unpaired) electrons. The summed E-state index contributed by atoms with van der Waals surface area (Å²) in [5.74, 6) is 0. The topological polar surface area (TPSA) is 114 Å². The molecule has 0 aliphatic rings. The summed E-state index contributed by atoms with van der Waals surface area (Å²) in [6, 6.07) is 18.9. The minimum absolute atomic E-state index is 0. The van der Waals surface area contributed by atoms with Crippen molar-refractivity contribution < 1.29 is 25.9 Å². The van der Waals surface area contributed by atoms with Crippen LogP contribution in [0.2, 0.25) is 0 Å². The SMILES string of the molecule is CCCCc1ccc2cc(S(=O)(=O)[O-])c(CCCC)cc2c1.CCCCc1ccc2cc(S(=O)(=O)[O-])c(CCCC)cc2c1.[Ca+2]. The molecule has 6 nitrogen and oxygen atoms in total. The third kappa shape index (κ3) is 11.9. The van der Waals surface area contributed by atoms with Crippen LogP contribution in [0.15, 0.2) is 70.5 Å². The summed E-state index contributed by atoms with van der Waals surface area (Å²) < 4.78 is 69.1. The molecule has 0 amide bonds. The molecule has 0 aromatic heterocycles. The van der Waals surface area contributed by atoms with E-state index >= 15 is 0 Å². The Hall–Kier alpha value is -1.52. The van der Waals surface area contributed by atoms with E-state index < -0.39 is 20.2 Å². The van der Waals surface area contributed by atoms with Crippen molar-refractivity contribution in [1.29, 1.82) is 0 Å².